The molecule has 5 nitrogen and oxygen atoms in total. The average molecular weight is 237 g/mol. The molecular weight excluding hydrogens is 220 g/mol. The molecule has 5 N–H and O–H groups in total. The summed E-state index contributed by atoms with van der Waals surface area (Å²) in [6.45, 7) is 0. The summed E-state index contributed by atoms with van der Waals surface area (Å²) in [7, 11) is 0. The van der Waals surface area contributed by atoms with Crippen LogP contribution in [-0.2, 0) is 0 Å². The monoisotopic (exact) mass is 236 g/mol. The third-order valence-electron chi connectivity index (χ3n) is 3.76. The molecule has 0 saturated heterocycles. The van der Waals surface area contributed by atoms with E-state index in [0.717, 1.165) is 12.8 Å². The molecule has 0 aliphatic heterocycles. The van der Waals surface area contributed by atoms with E-state index in [1.54, 1.807) is 0 Å². The molecule has 3 aliphatic carbocycles. The van der Waals surface area contributed by atoms with Crippen molar-refractivity contribution in [1.82, 2.24) is 5.32 Å². The van der Waals surface area contributed by atoms with E-state index in [1.807, 2.05) is 0 Å². The van der Waals surface area contributed by atoms with E-state index >= 15 is 0 Å². The molecule has 0 aromatic rings. The van der Waals surface area contributed by atoms with Crippen molar-refractivity contribution in [1.29, 1.82) is 0 Å². The van der Waals surface area contributed by atoms with E-state index < -0.39 is 23.3 Å². The number of hydrogen-bond donors (Lipinski definition) is 4. The number of aliphatic hydroxyl groups is 1. The highest BCUT2D eigenvalue weighted by Gasteiger charge is 2.52. The van der Waals surface area contributed by atoms with Crippen LogP contribution in [0.3, 0.4) is 0 Å². The molecule has 0 heterocycles. The maximum atomic E-state index is 10.6. The molecule has 0 spiro atoms. The Morgan fingerprint density at radius 3 is 2.27 bits per heavy atom. The van der Waals surface area contributed by atoms with Crippen LogP contribution in [0.25, 0.3) is 0 Å². The van der Waals surface area contributed by atoms with Crippen LogP contribution in [0.5, 0.6) is 0 Å². The molecule has 0 radical (unpaired) electrons. The van der Waals surface area contributed by atoms with Crippen LogP contribution in [0.15, 0.2) is 0 Å². The highest BCUT2D eigenvalue weighted by atomic mass is 35.5. The van der Waals surface area contributed by atoms with E-state index in [9.17, 15) is 9.90 Å². The SMILES string of the molecule is Cl.NC12CCC(NC(=O)O)(CC1)C[C@@H]2O. The van der Waals surface area contributed by atoms with Crippen LogP contribution < -0.4 is 11.1 Å². The maximum absolute atomic E-state index is 10.6. The van der Waals surface area contributed by atoms with Gasteiger partial charge in [0, 0.05) is 11.1 Å². The van der Waals surface area contributed by atoms with Gasteiger partial charge in [0.25, 0.3) is 0 Å². The first-order chi connectivity index (χ1) is 6.46. The lowest BCUT2D eigenvalue weighted by atomic mass is 9.60. The Kier molecular flexibility index (Phi) is 3.19. The van der Waals surface area contributed by atoms with Gasteiger partial charge >= 0.3 is 6.09 Å². The highest BCUT2D eigenvalue weighted by molar-refractivity contribution is 5.85. The molecule has 0 aromatic heterocycles. The van der Waals surface area contributed by atoms with Gasteiger partial charge in [0.1, 0.15) is 0 Å². The lowest BCUT2D eigenvalue weighted by Crippen LogP contribution is -2.67. The summed E-state index contributed by atoms with van der Waals surface area (Å²) >= 11 is 0. The Morgan fingerprint density at radius 1 is 1.33 bits per heavy atom. The number of carboxylic acid groups (broad SMARTS) is 1. The average Bonchev–Trinajstić information content (AvgIpc) is 2.07. The summed E-state index contributed by atoms with van der Waals surface area (Å²) in [5.74, 6) is 0. The first kappa shape index (κ1) is 12.5. The maximum Gasteiger partial charge on any atom is 0.405 e. The van der Waals surface area contributed by atoms with Crippen LogP contribution in [0, 0.1) is 0 Å². The van der Waals surface area contributed by atoms with Gasteiger partial charge in [0.05, 0.1) is 6.10 Å². The van der Waals surface area contributed by atoms with Crippen LogP contribution in [0.2, 0.25) is 0 Å². The minimum absolute atomic E-state index is 0. The minimum atomic E-state index is -1.01. The Labute approximate surface area is 94.4 Å². The van der Waals surface area contributed by atoms with Crippen molar-refractivity contribution >= 4 is 18.5 Å². The fourth-order valence-electron chi connectivity index (χ4n) is 2.71. The Bertz CT molecular complexity index is 264. The van der Waals surface area contributed by atoms with E-state index in [2.05, 4.69) is 5.32 Å². The lowest BCUT2D eigenvalue weighted by Gasteiger charge is -2.54. The second kappa shape index (κ2) is 3.81. The van der Waals surface area contributed by atoms with E-state index in [4.69, 9.17) is 10.8 Å². The number of fused-ring (bicyclic) bond motifs is 3. The number of hydrogen-bond acceptors (Lipinski definition) is 3. The van der Waals surface area contributed by atoms with Gasteiger partial charge < -0.3 is 21.3 Å². The second-order valence-corrected chi connectivity index (χ2v) is 4.66. The summed E-state index contributed by atoms with van der Waals surface area (Å²) in [6.07, 6.45) is 1.76. The summed E-state index contributed by atoms with van der Waals surface area (Å²) < 4.78 is 0. The van der Waals surface area contributed by atoms with Crippen molar-refractivity contribution in [2.75, 3.05) is 0 Å². The molecule has 1 amide bonds. The van der Waals surface area contributed by atoms with Gasteiger partial charge in [-0.15, -0.1) is 12.4 Å². The van der Waals surface area contributed by atoms with Gasteiger partial charge in [0.2, 0.25) is 0 Å². The lowest BCUT2D eigenvalue weighted by molar-refractivity contribution is -0.0415. The van der Waals surface area contributed by atoms with Crippen molar-refractivity contribution in [2.45, 2.75) is 49.3 Å². The summed E-state index contributed by atoms with van der Waals surface area (Å²) in [5, 5.41) is 21.0. The number of rotatable bonds is 1. The highest BCUT2D eigenvalue weighted by Crippen LogP contribution is 2.45. The van der Waals surface area contributed by atoms with E-state index in [1.165, 1.54) is 0 Å². The van der Waals surface area contributed by atoms with E-state index in [0.29, 0.717) is 19.3 Å². The zero-order valence-corrected chi connectivity index (χ0v) is 9.22. The van der Waals surface area contributed by atoms with Crippen LogP contribution in [-0.4, -0.2) is 33.5 Å². The van der Waals surface area contributed by atoms with Gasteiger partial charge in [0.15, 0.2) is 0 Å². The number of carbonyl (C=O) groups is 1. The number of nitrogens with one attached hydrogen (secondary N) is 1. The molecule has 3 rings (SSSR count). The predicted octanol–water partition coefficient (Wildman–Crippen LogP) is 0.451. The number of nitrogens with two attached hydrogens (primary N) is 1. The molecule has 3 fully saturated rings. The normalized spacial score (nSPS) is 43.2. The number of aliphatic hydroxyl groups excluding tert-OH is 1. The molecule has 15 heavy (non-hydrogen) atoms. The first-order valence-corrected chi connectivity index (χ1v) is 4.94. The molecule has 6 heteroatoms. The minimum Gasteiger partial charge on any atom is -0.465 e. The molecule has 3 saturated carbocycles. The quantitative estimate of drug-likeness (QED) is 0.532. The first-order valence-electron chi connectivity index (χ1n) is 4.94. The standard InChI is InChI=1S/C9H16N2O3.ClH/c10-9-3-1-8(2-4-9,5-6(9)12)11-7(13)14;/h6,11-12H,1-5,10H2,(H,13,14);1H/t6-,8?,9?;/m0./s1. The number of amides is 1. The molecule has 1 atom stereocenters. The largest absolute Gasteiger partial charge is 0.465 e. The third kappa shape index (κ3) is 2.04. The molecular formula is C9H17ClN2O3. The molecule has 88 valence electrons. The topological polar surface area (TPSA) is 95.6 Å². The smallest absolute Gasteiger partial charge is 0.405 e. The fraction of sp³-hybridized carbons (Fsp3) is 0.889. The third-order valence-corrected chi connectivity index (χ3v) is 3.76. The van der Waals surface area contributed by atoms with Gasteiger partial charge in [-0.25, -0.2) is 4.79 Å². The summed E-state index contributed by atoms with van der Waals surface area (Å²) in [4.78, 5) is 10.6. The summed E-state index contributed by atoms with van der Waals surface area (Å²) in [6, 6.07) is 0. The van der Waals surface area contributed by atoms with Crippen LogP contribution in [0.4, 0.5) is 4.79 Å². The van der Waals surface area contributed by atoms with Gasteiger partial charge in [-0.05, 0) is 32.1 Å². The number of halogens is 1. The van der Waals surface area contributed by atoms with Crippen molar-refractivity contribution < 1.29 is 15.0 Å². The van der Waals surface area contributed by atoms with Crippen LogP contribution >= 0.6 is 12.4 Å². The van der Waals surface area contributed by atoms with Gasteiger partial charge in [-0.3, -0.25) is 0 Å². The van der Waals surface area contributed by atoms with Crippen LogP contribution in [0.1, 0.15) is 32.1 Å². The van der Waals surface area contributed by atoms with Crippen molar-refractivity contribution in [2.24, 2.45) is 5.73 Å². The molecule has 3 aliphatic rings. The van der Waals surface area contributed by atoms with Crippen molar-refractivity contribution in [3.63, 3.8) is 0 Å². The molecule has 2 bridgehead atoms. The second-order valence-electron chi connectivity index (χ2n) is 4.66. The van der Waals surface area contributed by atoms with E-state index in [-0.39, 0.29) is 12.4 Å². The zero-order chi connectivity index (χ0) is 10.4. The molecule has 0 unspecified atom stereocenters. The van der Waals surface area contributed by atoms with Gasteiger partial charge in [-0.2, -0.15) is 0 Å². The Morgan fingerprint density at radius 2 is 1.87 bits per heavy atom. The molecule has 0 aromatic carbocycles. The Hall–Kier alpha value is -0.520. The van der Waals surface area contributed by atoms with Gasteiger partial charge in [-0.1, -0.05) is 0 Å². The Balaban J connectivity index is 0.00000112. The van der Waals surface area contributed by atoms with Crippen molar-refractivity contribution in [3.05, 3.63) is 0 Å². The fourth-order valence-corrected chi connectivity index (χ4v) is 2.71. The predicted molar refractivity (Wildman–Crippen MR) is 57.1 cm³/mol. The van der Waals surface area contributed by atoms with Crippen molar-refractivity contribution in [3.8, 4) is 0 Å². The zero-order valence-electron chi connectivity index (χ0n) is 8.40. The summed E-state index contributed by atoms with van der Waals surface area (Å²) in [5.41, 5.74) is 5.11.